The molecule has 1 unspecified atom stereocenters. The molecular weight excluding hydrogens is 488 g/mol. The molecule has 1 aliphatic rings. The first-order chi connectivity index (χ1) is 14.9. The number of nitrogens with zero attached hydrogens (tertiary/aromatic N) is 4. The highest BCUT2D eigenvalue weighted by Crippen LogP contribution is 2.42. The normalized spacial score (nSPS) is 24.4. The predicted molar refractivity (Wildman–Crippen MR) is 126 cm³/mol. The fourth-order valence-electron chi connectivity index (χ4n) is 3.94. The van der Waals surface area contributed by atoms with Crippen molar-refractivity contribution in [3.05, 3.63) is 17.5 Å². The Kier molecular flexibility index (Phi) is 8.51. The SMILES string of the molecule is CCNc1cc(Cl)nc2c1ncn2C1[C@H](O)C[C@@H](C(N)=NCC(OCC)OCC)[C@@H]1Br. The number of rotatable bonds is 10. The topological polar surface area (TPSA) is 120 Å². The summed E-state index contributed by atoms with van der Waals surface area (Å²) in [5.41, 5.74) is 8.44. The van der Waals surface area contributed by atoms with Gasteiger partial charge in [0, 0.05) is 36.6 Å². The lowest BCUT2D eigenvalue weighted by Crippen LogP contribution is -2.32. The van der Waals surface area contributed by atoms with E-state index in [2.05, 4.69) is 36.2 Å². The first-order valence-corrected chi connectivity index (χ1v) is 11.8. The van der Waals surface area contributed by atoms with E-state index < -0.39 is 12.4 Å². The molecule has 0 aromatic carbocycles. The average molecular weight is 518 g/mol. The van der Waals surface area contributed by atoms with Gasteiger partial charge in [-0.15, -0.1) is 0 Å². The Balaban J connectivity index is 1.84. The molecule has 0 amide bonds. The van der Waals surface area contributed by atoms with Gasteiger partial charge in [-0.1, -0.05) is 27.5 Å². The van der Waals surface area contributed by atoms with Crippen LogP contribution in [0.25, 0.3) is 11.2 Å². The van der Waals surface area contributed by atoms with Gasteiger partial charge in [0.15, 0.2) is 11.9 Å². The highest BCUT2D eigenvalue weighted by molar-refractivity contribution is 9.09. The van der Waals surface area contributed by atoms with Crippen LogP contribution in [0.3, 0.4) is 0 Å². The van der Waals surface area contributed by atoms with Crippen LogP contribution in [0, 0.1) is 5.92 Å². The molecule has 3 rings (SSSR count). The number of hydrogen-bond donors (Lipinski definition) is 3. The van der Waals surface area contributed by atoms with Gasteiger partial charge in [-0.2, -0.15) is 0 Å². The number of aromatic nitrogens is 3. The van der Waals surface area contributed by atoms with Crippen LogP contribution in [-0.4, -0.2) is 69.0 Å². The maximum atomic E-state index is 10.9. The number of pyridine rings is 1. The number of imidazole rings is 1. The summed E-state index contributed by atoms with van der Waals surface area (Å²) in [6.45, 7) is 7.91. The molecule has 2 aromatic rings. The van der Waals surface area contributed by atoms with Crippen LogP contribution in [-0.2, 0) is 9.47 Å². The number of amidine groups is 1. The monoisotopic (exact) mass is 516 g/mol. The number of nitrogens with two attached hydrogens (primary N) is 1. The van der Waals surface area contributed by atoms with Crippen LogP contribution >= 0.6 is 27.5 Å². The third-order valence-corrected chi connectivity index (χ3v) is 6.67. The lowest BCUT2D eigenvalue weighted by atomic mass is 10.1. The van der Waals surface area contributed by atoms with Gasteiger partial charge in [-0.25, -0.2) is 9.97 Å². The molecule has 172 valence electrons. The Morgan fingerprint density at radius 2 is 2.13 bits per heavy atom. The molecule has 2 heterocycles. The van der Waals surface area contributed by atoms with Crippen molar-refractivity contribution < 1.29 is 14.6 Å². The number of hydrogen-bond acceptors (Lipinski definition) is 7. The molecule has 1 fully saturated rings. The van der Waals surface area contributed by atoms with Crippen molar-refractivity contribution in [2.45, 2.75) is 50.5 Å². The summed E-state index contributed by atoms with van der Waals surface area (Å²) in [5.74, 6) is 0.297. The lowest BCUT2D eigenvalue weighted by molar-refractivity contribution is -0.128. The molecule has 0 aliphatic heterocycles. The van der Waals surface area contributed by atoms with Crippen LogP contribution in [0.5, 0.6) is 0 Å². The van der Waals surface area contributed by atoms with Crippen molar-refractivity contribution in [2.24, 2.45) is 16.6 Å². The maximum Gasteiger partial charge on any atom is 0.176 e. The minimum Gasteiger partial charge on any atom is -0.391 e. The number of fused-ring (bicyclic) bond motifs is 1. The van der Waals surface area contributed by atoms with Gasteiger partial charge in [0.2, 0.25) is 0 Å². The second-order valence-electron chi connectivity index (χ2n) is 7.30. The van der Waals surface area contributed by atoms with E-state index in [0.717, 1.165) is 12.2 Å². The van der Waals surface area contributed by atoms with Gasteiger partial charge < -0.3 is 30.2 Å². The predicted octanol–water partition coefficient (Wildman–Crippen LogP) is 2.96. The third-order valence-electron chi connectivity index (χ3n) is 5.30. The Labute approximate surface area is 195 Å². The molecule has 1 saturated carbocycles. The standard InChI is InChI=1S/C20H30BrClN6O3/c1-4-24-12-8-14(22)27-20-17(12)26-10-28(20)18-13(29)7-11(16(18)21)19(23)25-9-15(30-5-2)31-6-3/h8,10-11,13,15-16,18,29H,4-7,9H2,1-3H3,(H2,23,25)(H,24,27)/t11-,13-,16+,18?/m1/s1. The molecule has 1 aliphatic carbocycles. The number of aliphatic hydroxyl groups is 1. The van der Waals surface area contributed by atoms with Crippen molar-refractivity contribution in [3.8, 4) is 0 Å². The van der Waals surface area contributed by atoms with E-state index in [9.17, 15) is 5.11 Å². The van der Waals surface area contributed by atoms with Gasteiger partial charge in [-0.05, 0) is 27.2 Å². The Morgan fingerprint density at radius 1 is 1.42 bits per heavy atom. The van der Waals surface area contributed by atoms with Crippen LogP contribution < -0.4 is 11.1 Å². The molecule has 0 spiro atoms. The number of ether oxygens (including phenoxy) is 2. The van der Waals surface area contributed by atoms with Gasteiger partial charge >= 0.3 is 0 Å². The quantitative estimate of drug-likeness (QED) is 0.146. The molecule has 2 aromatic heterocycles. The third kappa shape index (κ3) is 5.31. The summed E-state index contributed by atoms with van der Waals surface area (Å²) >= 11 is 9.99. The maximum absolute atomic E-state index is 10.9. The van der Waals surface area contributed by atoms with E-state index in [1.165, 1.54) is 0 Å². The highest BCUT2D eigenvalue weighted by atomic mass is 79.9. The molecule has 0 radical (unpaired) electrons. The summed E-state index contributed by atoms with van der Waals surface area (Å²) in [6.07, 6.45) is 1.06. The minimum atomic E-state index is -0.654. The summed E-state index contributed by atoms with van der Waals surface area (Å²) in [4.78, 5) is 13.3. The van der Waals surface area contributed by atoms with E-state index in [-0.39, 0.29) is 16.8 Å². The number of halogens is 2. The van der Waals surface area contributed by atoms with Gasteiger partial charge in [0.25, 0.3) is 0 Å². The van der Waals surface area contributed by atoms with Crippen molar-refractivity contribution >= 4 is 50.2 Å². The molecule has 0 saturated heterocycles. The second-order valence-corrected chi connectivity index (χ2v) is 8.74. The summed E-state index contributed by atoms with van der Waals surface area (Å²) in [6, 6.07) is 1.43. The summed E-state index contributed by atoms with van der Waals surface area (Å²) in [7, 11) is 0. The zero-order valence-electron chi connectivity index (χ0n) is 18.0. The lowest BCUT2D eigenvalue weighted by Gasteiger charge is -2.22. The zero-order valence-corrected chi connectivity index (χ0v) is 20.3. The second kappa shape index (κ2) is 10.9. The highest BCUT2D eigenvalue weighted by Gasteiger charge is 2.44. The molecule has 4 atom stereocenters. The largest absolute Gasteiger partial charge is 0.391 e. The van der Waals surface area contributed by atoms with Crippen molar-refractivity contribution in [1.82, 2.24) is 14.5 Å². The van der Waals surface area contributed by atoms with Crippen molar-refractivity contribution in [3.63, 3.8) is 0 Å². The molecule has 9 nitrogen and oxygen atoms in total. The van der Waals surface area contributed by atoms with E-state index >= 15 is 0 Å². The summed E-state index contributed by atoms with van der Waals surface area (Å²) < 4.78 is 12.9. The van der Waals surface area contributed by atoms with Gasteiger partial charge in [-0.3, -0.25) is 4.99 Å². The van der Waals surface area contributed by atoms with Gasteiger partial charge in [0.05, 0.1) is 36.5 Å². The Morgan fingerprint density at radius 3 is 2.77 bits per heavy atom. The van der Waals surface area contributed by atoms with E-state index in [1.807, 2.05) is 25.3 Å². The first kappa shape index (κ1) is 24.2. The fourth-order valence-corrected chi connectivity index (χ4v) is 5.23. The molecular formula is C20H30BrClN6O3. The fraction of sp³-hybridized carbons (Fsp3) is 0.650. The minimum absolute atomic E-state index is 0.159. The smallest absolute Gasteiger partial charge is 0.176 e. The number of nitrogens with one attached hydrogen (secondary N) is 1. The first-order valence-electron chi connectivity index (χ1n) is 10.5. The van der Waals surface area contributed by atoms with Gasteiger partial charge in [0.1, 0.15) is 10.7 Å². The van der Waals surface area contributed by atoms with Crippen LogP contribution in [0.15, 0.2) is 17.4 Å². The molecule has 11 heteroatoms. The molecule has 31 heavy (non-hydrogen) atoms. The summed E-state index contributed by atoms with van der Waals surface area (Å²) in [5, 5.41) is 14.5. The molecule has 0 bridgehead atoms. The zero-order chi connectivity index (χ0) is 22.5. The number of aliphatic imine (C=N–C) groups is 1. The Bertz CT molecular complexity index is 904. The van der Waals surface area contributed by atoms with Crippen LogP contribution in [0.4, 0.5) is 5.69 Å². The van der Waals surface area contributed by atoms with Crippen LogP contribution in [0.1, 0.15) is 33.2 Å². The van der Waals surface area contributed by atoms with E-state index in [0.29, 0.717) is 48.3 Å². The Hall–Kier alpha value is -1.46. The number of alkyl halides is 1. The molecule has 4 N–H and O–H groups in total. The number of anilines is 1. The van der Waals surface area contributed by atoms with Crippen LogP contribution in [0.2, 0.25) is 5.15 Å². The van der Waals surface area contributed by atoms with Crippen molar-refractivity contribution in [2.75, 3.05) is 31.6 Å². The van der Waals surface area contributed by atoms with Crippen molar-refractivity contribution in [1.29, 1.82) is 0 Å². The van der Waals surface area contributed by atoms with E-state index in [1.54, 1.807) is 12.4 Å². The van der Waals surface area contributed by atoms with E-state index in [4.69, 9.17) is 26.8 Å². The number of aliphatic hydroxyl groups excluding tert-OH is 1. The average Bonchev–Trinajstić information content (AvgIpc) is 3.26.